The minimum atomic E-state index is 0.120. The van der Waals surface area contributed by atoms with E-state index in [2.05, 4.69) is 10.2 Å². The average molecular weight is 123 g/mol. The minimum Gasteiger partial charge on any atom is -0.399 e. The highest BCUT2D eigenvalue weighted by Crippen LogP contribution is 2.09. The van der Waals surface area contributed by atoms with E-state index in [0.29, 0.717) is 5.69 Å². The normalized spacial score (nSPS) is 8.89. The number of hydrogen-bond acceptors (Lipinski definition) is 4. The number of pyridine rings is 1. The monoisotopic (exact) mass is 123 g/mol. The lowest BCUT2D eigenvalue weighted by Gasteiger charge is -1.88. The summed E-state index contributed by atoms with van der Waals surface area (Å²) in [6.45, 7) is 0. The quantitative estimate of drug-likeness (QED) is 0.567. The molecule has 0 fully saturated rings. The molecule has 0 spiro atoms. The molecule has 0 bridgehead atoms. The van der Waals surface area contributed by atoms with E-state index in [0.717, 1.165) is 0 Å². The Morgan fingerprint density at radius 1 is 1.67 bits per heavy atom. The van der Waals surface area contributed by atoms with Crippen molar-refractivity contribution in [2.45, 2.75) is 0 Å². The van der Waals surface area contributed by atoms with Crippen LogP contribution in [-0.2, 0) is 0 Å². The zero-order chi connectivity index (χ0) is 6.69. The molecule has 0 saturated carbocycles. The molecule has 0 atom stereocenters. The molecule has 0 amide bonds. The molecular formula is C5H5N3O. The first-order valence-electron chi connectivity index (χ1n) is 2.38. The standard InChI is InChI=1S/C5H5N3O/c6-4-1-2-7-5(3-4)8-9/h1-3H,(H2,6,7). The second kappa shape index (κ2) is 2.21. The maximum absolute atomic E-state index is 9.79. The van der Waals surface area contributed by atoms with Crippen LogP contribution >= 0.6 is 0 Å². The molecule has 1 rings (SSSR count). The van der Waals surface area contributed by atoms with Crippen LogP contribution in [0.25, 0.3) is 0 Å². The summed E-state index contributed by atoms with van der Waals surface area (Å²) in [5, 5.41) is 2.59. The van der Waals surface area contributed by atoms with Gasteiger partial charge in [0.25, 0.3) is 0 Å². The Hall–Kier alpha value is -1.45. The summed E-state index contributed by atoms with van der Waals surface area (Å²) >= 11 is 0. The molecule has 46 valence electrons. The molecule has 4 nitrogen and oxygen atoms in total. The van der Waals surface area contributed by atoms with Crippen LogP contribution < -0.4 is 5.73 Å². The van der Waals surface area contributed by atoms with Crippen molar-refractivity contribution in [1.29, 1.82) is 0 Å². The van der Waals surface area contributed by atoms with Gasteiger partial charge >= 0.3 is 0 Å². The SMILES string of the molecule is Nc1ccnc(N=O)c1. The van der Waals surface area contributed by atoms with Gasteiger partial charge in [-0.05, 0) is 11.2 Å². The van der Waals surface area contributed by atoms with Crippen molar-refractivity contribution in [3.05, 3.63) is 23.2 Å². The molecule has 0 unspecified atom stereocenters. The Kier molecular flexibility index (Phi) is 1.40. The largest absolute Gasteiger partial charge is 0.399 e. The number of rotatable bonds is 1. The van der Waals surface area contributed by atoms with Crippen LogP contribution in [0, 0.1) is 4.91 Å². The van der Waals surface area contributed by atoms with Crippen LogP contribution in [0.2, 0.25) is 0 Å². The summed E-state index contributed by atoms with van der Waals surface area (Å²) in [6, 6.07) is 3.00. The smallest absolute Gasteiger partial charge is 0.198 e. The number of nitroso groups, excluding NO2 is 1. The summed E-state index contributed by atoms with van der Waals surface area (Å²) in [7, 11) is 0. The molecule has 0 aromatic carbocycles. The van der Waals surface area contributed by atoms with Gasteiger partial charge in [-0.3, -0.25) is 0 Å². The van der Waals surface area contributed by atoms with Crippen LogP contribution in [0.1, 0.15) is 0 Å². The van der Waals surface area contributed by atoms with Crippen LogP contribution in [0.3, 0.4) is 0 Å². The van der Waals surface area contributed by atoms with E-state index in [1.807, 2.05) is 0 Å². The van der Waals surface area contributed by atoms with Crippen molar-refractivity contribution in [1.82, 2.24) is 4.98 Å². The maximum Gasteiger partial charge on any atom is 0.198 e. The van der Waals surface area contributed by atoms with Gasteiger partial charge in [0.05, 0.1) is 0 Å². The van der Waals surface area contributed by atoms with Crippen molar-refractivity contribution >= 4 is 11.5 Å². The number of anilines is 1. The molecule has 1 aromatic rings. The zero-order valence-electron chi connectivity index (χ0n) is 4.61. The second-order valence-electron chi connectivity index (χ2n) is 1.54. The maximum atomic E-state index is 9.79. The van der Waals surface area contributed by atoms with Gasteiger partial charge in [-0.1, -0.05) is 0 Å². The summed E-state index contributed by atoms with van der Waals surface area (Å²) in [5.74, 6) is 0.120. The molecule has 9 heavy (non-hydrogen) atoms. The van der Waals surface area contributed by atoms with Gasteiger partial charge in [-0.2, -0.15) is 0 Å². The van der Waals surface area contributed by atoms with E-state index in [1.165, 1.54) is 12.3 Å². The lowest BCUT2D eigenvalue weighted by molar-refractivity contribution is 1.27. The molecule has 0 saturated heterocycles. The highest BCUT2D eigenvalue weighted by atomic mass is 16.3. The van der Waals surface area contributed by atoms with Gasteiger partial charge in [0, 0.05) is 18.0 Å². The number of nitrogens with two attached hydrogens (primary N) is 1. The number of nitrogens with zero attached hydrogens (tertiary/aromatic N) is 2. The molecule has 2 N–H and O–H groups in total. The van der Waals surface area contributed by atoms with Crippen molar-refractivity contribution in [3.8, 4) is 0 Å². The zero-order valence-corrected chi connectivity index (χ0v) is 4.61. The van der Waals surface area contributed by atoms with Crippen LogP contribution in [0.15, 0.2) is 23.5 Å². The van der Waals surface area contributed by atoms with E-state index < -0.39 is 0 Å². The molecule has 1 heterocycles. The third kappa shape index (κ3) is 1.22. The van der Waals surface area contributed by atoms with E-state index >= 15 is 0 Å². The molecule has 1 aromatic heterocycles. The Morgan fingerprint density at radius 2 is 2.44 bits per heavy atom. The summed E-state index contributed by atoms with van der Waals surface area (Å²) in [5.41, 5.74) is 5.79. The summed E-state index contributed by atoms with van der Waals surface area (Å²) in [6.07, 6.45) is 1.44. The van der Waals surface area contributed by atoms with Gasteiger partial charge in [-0.25, -0.2) is 4.98 Å². The number of nitrogen functional groups attached to an aromatic ring is 1. The van der Waals surface area contributed by atoms with E-state index in [9.17, 15) is 4.91 Å². The number of hydrogen-bond donors (Lipinski definition) is 1. The van der Waals surface area contributed by atoms with Gasteiger partial charge in [0.15, 0.2) is 5.82 Å². The Morgan fingerprint density at radius 3 is 2.89 bits per heavy atom. The van der Waals surface area contributed by atoms with Crippen molar-refractivity contribution in [2.75, 3.05) is 5.73 Å². The van der Waals surface area contributed by atoms with Crippen LogP contribution in [0.5, 0.6) is 0 Å². The van der Waals surface area contributed by atoms with Gasteiger partial charge in [0.1, 0.15) is 0 Å². The first kappa shape index (κ1) is 5.68. The molecule has 0 radical (unpaired) electrons. The molecule has 0 aliphatic rings. The van der Waals surface area contributed by atoms with Crippen LogP contribution in [0.4, 0.5) is 11.5 Å². The molecule has 4 heteroatoms. The van der Waals surface area contributed by atoms with E-state index in [4.69, 9.17) is 5.73 Å². The minimum absolute atomic E-state index is 0.120. The van der Waals surface area contributed by atoms with Crippen LogP contribution in [-0.4, -0.2) is 4.98 Å². The molecule has 0 aliphatic heterocycles. The van der Waals surface area contributed by atoms with Gasteiger partial charge < -0.3 is 5.73 Å². The Labute approximate surface area is 51.7 Å². The lowest BCUT2D eigenvalue weighted by atomic mass is 10.4. The third-order valence-electron chi connectivity index (χ3n) is 0.863. The summed E-state index contributed by atoms with van der Waals surface area (Å²) < 4.78 is 0. The fourth-order valence-corrected chi connectivity index (χ4v) is 0.484. The van der Waals surface area contributed by atoms with E-state index in [-0.39, 0.29) is 5.82 Å². The topological polar surface area (TPSA) is 68.3 Å². The Balaban J connectivity index is 3.07. The highest BCUT2D eigenvalue weighted by molar-refractivity contribution is 5.44. The van der Waals surface area contributed by atoms with Crippen molar-refractivity contribution in [2.24, 2.45) is 5.18 Å². The predicted octanol–water partition coefficient (Wildman–Crippen LogP) is 1.06. The van der Waals surface area contributed by atoms with E-state index in [1.54, 1.807) is 6.07 Å². The fourth-order valence-electron chi connectivity index (χ4n) is 0.484. The van der Waals surface area contributed by atoms with Gasteiger partial charge in [0.2, 0.25) is 0 Å². The molecular weight excluding hydrogens is 118 g/mol. The highest BCUT2D eigenvalue weighted by Gasteiger charge is 1.89. The molecule has 0 aliphatic carbocycles. The third-order valence-corrected chi connectivity index (χ3v) is 0.863. The first-order valence-corrected chi connectivity index (χ1v) is 2.38. The first-order chi connectivity index (χ1) is 4.33. The number of aromatic nitrogens is 1. The van der Waals surface area contributed by atoms with Crippen molar-refractivity contribution in [3.63, 3.8) is 0 Å². The second-order valence-corrected chi connectivity index (χ2v) is 1.54. The van der Waals surface area contributed by atoms with Crippen molar-refractivity contribution < 1.29 is 0 Å². The summed E-state index contributed by atoms with van der Waals surface area (Å²) in [4.78, 5) is 13.4. The Bertz CT molecular complexity index is 223. The van der Waals surface area contributed by atoms with Gasteiger partial charge in [-0.15, -0.1) is 4.91 Å². The average Bonchev–Trinajstić information content (AvgIpc) is 1.88. The fraction of sp³-hybridized carbons (Fsp3) is 0. The predicted molar refractivity (Wildman–Crippen MR) is 34.1 cm³/mol. The lowest BCUT2D eigenvalue weighted by Crippen LogP contribution is -1.83.